The Hall–Kier alpha value is -2.94. The van der Waals surface area contributed by atoms with E-state index in [-0.39, 0.29) is 17.5 Å². The molecular weight excluding hydrogens is 266 g/mol. The Morgan fingerprint density at radius 3 is 3.00 bits per heavy atom. The maximum absolute atomic E-state index is 11.8. The molecule has 1 aromatic carbocycles. The quantitative estimate of drug-likeness (QED) is 0.895. The van der Waals surface area contributed by atoms with E-state index in [1.807, 2.05) is 30.3 Å². The molecule has 0 saturated heterocycles. The van der Waals surface area contributed by atoms with Gasteiger partial charge in [0.2, 0.25) is 5.91 Å². The molecule has 1 aliphatic rings. The summed E-state index contributed by atoms with van der Waals surface area (Å²) >= 11 is 0. The highest BCUT2D eigenvalue weighted by molar-refractivity contribution is 5.94. The van der Waals surface area contributed by atoms with Crippen LogP contribution in [0.1, 0.15) is 23.6 Å². The zero-order valence-corrected chi connectivity index (χ0v) is 11.2. The Balaban J connectivity index is 1.80. The van der Waals surface area contributed by atoms with Crippen molar-refractivity contribution in [1.82, 2.24) is 9.97 Å². The van der Waals surface area contributed by atoms with Crippen molar-refractivity contribution in [2.75, 3.05) is 17.2 Å². The number of hydrogen-bond acceptors (Lipinski definition) is 5. The van der Waals surface area contributed by atoms with E-state index in [0.29, 0.717) is 18.8 Å². The van der Waals surface area contributed by atoms with E-state index in [4.69, 9.17) is 5.26 Å². The summed E-state index contributed by atoms with van der Waals surface area (Å²) in [4.78, 5) is 19.8. The second-order valence-electron chi connectivity index (χ2n) is 4.78. The van der Waals surface area contributed by atoms with Crippen LogP contribution in [-0.2, 0) is 4.79 Å². The number of benzene rings is 1. The van der Waals surface area contributed by atoms with Crippen LogP contribution in [0.4, 0.5) is 11.5 Å². The number of hydrogen-bond donors (Lipinski definition) is 2. The highest BCUT2D eigenvalue weighted by Gasteiger charge is 2.24. The molecule has 0 radical (unpaired) electrons. The number of carbonyl (C=O) groups is 1. The van der Waals surface area contributed by atoms with E-state index in [1.165, 1.54) is 12.4 Å². The molecule has 0 bridgehead atoms. The highest BCUT2D eigenvalue weighted by Crippen LogP contribution is 2.31. The molecule has 0 aliphatic carbocycles. The first kappa shape index (κ1) is 13.1. The van der Waals surface area contributed by atoms with Crippen LogP contribution in [0, 0.1) is 11.3 Å². The van der Waals surface area contributed by atoms with Crippen molar-refractivity contribution in [3.8, 4) is 6.07 Å². The SMILES string of the molecule is N#Cc1nccnc1NC[C@@H]1CC(=O)Nc2ccccc21. The van der Waals surface area contributed by atoms with Gasteiger partial charge in [-0.1, -0.05) is 18.2 Å². The number of nitrogens with zero attached hydrogens (tertiary/aromatic N) is 3. The van der Waals surface area contributed by atoms with Gasteiger partial charge in [0, 0.05) is 37.0 Å². The summed E-state index contributed by atoms with van der Waals surface area (Å²) in [5.41, 5.74) is 2.19. The van der Waals surface area contributed by atoms with Crippen LogP contribution in [-0.4, -0.2) is 22.4 Å². The van der Waals surface area contributed by atoms with E-state index < -0.39 is 0 Å². The third-order valence-electron chi connectivity index (χ3n) is 3.43. The second kappa shape index (κ2) is 5.59. The molecule has 2 N–H and O–H groups in total. The van der Waals surface area contributed by atoms with Crippen LogP contribution in [0.5, 0.6) is 0 Å². The van der Waals surface area contributed by atoms with Gasteiger partial charge in [-0.25, -0.2) is 9.97 Å². The van der Waals surface area contributed by atoms with Crippen LogP contribution < -0.4 is 10.6 Å². The fourth-order valence-electron chi connectivity index (χ4n) is 2.45. The van der Waals surface area contributed by atoms with Gasteiger partial charge in [-0.05, 0) is 11.6 Å². The molecule has 104 valence electrons. The molecule has 1 aliphatic heterocycles. The Labute approximate surface area is 121 Å². The van der Waals surface area contributed by atoms with E-state index in [9.17, 15) is 4.79 Å². The largest absolute Gasteiger partial charge is 0.367 e. The van der Waals surface area contributed by atoms with E-state index >= 15 is 0 Å². The third kappa shape index (κ3) is 2.67. The fourth-order valence-corrected chi connectivity index (χ4v) is 2.45. The number of amides is 1. The maximum Gasteiger partial charge on any atom is 0.225 e. The molecular formula is C15H13N5O. The molecule has 0 unspecified atom stereocenters. The number of nitriles is 1. The lowest BCUT2D eigenvalue weighted by molar-refractivity contribution is -0.116. The van der Waals surface area contributed by atoms with Gasteiger partial charge in [0.05, 0.1) is 0 Å². The Bertz CT molecular complexity index is 722. The van der Waals surface area contributed by atoms with Crippen LogP contribution in [0.2, 0.25) is 0 Å². The summed E-state index contributed by atoms with van der Waals surface area (Å²) in [7, 11) is 0. The van der Waals surface area contributed by atoms with Crippen LogP contribution in [0.25, 0.3) is 0 Å². The average molecular weight is 279 g/mol. The van der Waals surface area contributed by atoms with Gasteiger partial charge in [0.1, 0.15) is 6.07 Å². The highest BCUT2D eigenvalue weighted by atomic mass is 16.1. The van der Waals surface area contributed by atoms with Crippen molar-refractivity contribution in [2.45, 2.75) is 12.3 Å². The smallest absolute Gasteiger partial charge is 0.225 e. The first-order valence-corrected chi connectivity index (χ1v) is 6.61. The predicted molar refractivity (Wildman–Crippen MR) is 77.7 cm³/mol. The van der Waals surface area contributed by atoms with Crippen molar-refractivity contribution in [1.29, 1.82) is 5.26 Å². The molecule has 1 amide bonds. The lowest BCUT2D eigenvalue weighted by atomic mass is 9.90. The van der Waals surface area contributed by atoms with Gasteiger partial charge in [0.25, 0.3) is 0 Å². The monoisotopic (exact) mass is 279 g/mol. The molecule has 6 heteroatoms. The van der Waals surface area contributed by atoms with Crippen LogP contribution in [0.15, 0.2) is 36.7 Å². The van der Waals surface area contributed by atoms with Crippen molar-refractivity contribution in [3.63, 3.8) is 0 Å². The first-order valence-electron chi connectivity index (χ1n) is 6.61. The number of aromatic nitrogens is 2. The zero-order chi connectivity index (χ0) is 14.7. The summed E-state index contributed by atoms with van der Waals surface area (Å²) in [5.74, 6) is 0.493. The number of rotatable bonds is 3. The predicted octanol–water partition coefficient (Wildman–Crippen LogP) is 1.89. The fraction of sp³-hybridized carbons (Fsp3) is 0.200. The van der Waals surface area contributed by atoms with E-state index in [0.717, 1.165) is 11.3 Å². The number of fused-ring (bicyclic) bond motifs is 1. The molecule has 1 aromatic heterocycles. The number of anilines is 2. The molecule has 0 spiro atoms. The zero-order valence-electron chi connectivity index (χ0n) is 11.2. The number of carbonyl (C=O) groups excluding carboxylic acids is 1. The van der Waals surface area contributed by atoms with E-state index in [2.05, 4.69) is 20.6 Å². The first-order chi connectivity index (χ1) is 10.3. The molecule has 0 fully saturated rings. The van der Waals surface area contributed by atoms with E-state index in [1.54, 1.807) is 0 Å². The third-order valence-corrected chi connectivity index (χ3v) is 3.43. The Morgan fingerprint density at radius 1 is 1.33 bits per heavy atom. The summed E-state index contributed by atoms with van der Waals surface area (Å²) in [6.07, 6.45) is 3.42. The van der Waals surface area contributed by atoms with Crippen molar-refractivity contribution in [3.05, 3.63) is 47.9 Å². The summed E-state index contributed by atoms with van der Waals surface area (Å²) in [5, 5.41) is 15.0. The van der Waals surface area contributed by atoms with Gasteiger partial charge >= 0.3 is 0 Å². The summed E-state index contributed by atoms with van der Waals surface area (Å²) < 4.78 is 0. The van der Waals surface area contributed by atoms with Crippen molar-refractivity contribution in [2.24, 2.45) is 0 Å². The van der Waals surface area contributed by atoms with Crippen LogP contribution >= 0.6 is 0 Å². The summed E-state index contributed by atoms with van der Waals surface area (Å²) in [6.45, 7) is 0.526. The normalized spacial score (nSPS) is 16.5. The van der Waals surface area contributed by atoms with Crippen molar-refractivity contribution < 1.29 is 4.79 Å². The number of nitrogens with one attached hydrogen (secondary N) is 2. The number of para-hydroxylation sites is 1. The molecule has 2 heterocycles. The van der Waals surface area contributed by atoms with Gasteiger partial charge in [0.15, 0.2) is 11.5 Å². The molecule has 2 aromatic rings. The summed E-state index contributed by atoms with van der Waals surface area (Å²) in [6, 6.07) is 9.74. The minimum atomic E-state index is 0.000141. The molecule has 3 rings (SSSR count). The minimum Gasteiger partial charge on any atom is -0.367 e. The molecule has 1 atom stereocenters. The second-order valence-corrected chi connectivity index (χ2v) is 4.78. The maximum atomic E-state index is 11.8. The minimum absolute atomic E-state index is 0.000141. The molecule has 21 heavy (non-hydrogen) atoms. The van der Waals surface area contributed by atoms with Gasteiger partial charge in [-0.3, -0.25) is 4.79 Å². The van der Waals surface area contributed by atoms with Gasteiger partial charge in [-0.2, -0.15) is 5.26 Å². The Morgan fingerprint density at radius 2 is 2.14 bits per heavy atom. The Kier molecular flexibility index (Phi) is 3.48. The van der Waals surface area contributed by atoms with Gasteiger partial charge < -0.3 is 10.6 Å². The van der Waals surface area contributed by atoms with Gasteiger partial charge in [-0.15, -0.1) is 0 Å². The van der Waals surface area contributed by atoms with Crippen LogP contribution in [0.3, 0.4) is 0 Å². The van der Waals surface area contributed by atoms with Crippen molar-refractivity contribution >= 4 is 17.4 Å². The lowest BCUT2D eigenvalue weighted by Gasteiger charge is -2.25. The average Bonchev–Trinajstić information content (AvgIpc) is 2.52. The lowest BCUT2D eigenvalue weighted by Crippen LogP contribution is -2.27. The molecule has 6 nitrogen and oxygen atoms in total. The standard InChI is InChI=1S/C15H13N5O/c16-8-13-15(18-6-5-17-13)19-9-10-7-14(21)20-12-4-2-1-3-11(10)12/h1-6,10H,7,9H2,(H,18,19)(H,20,21)/t10-/m0/s1. The molecule has 0 saturated carbocycles. The topological polar surface area (TPSA) is 90.7 Å².